The molecule has 0 N–H and O–H groups in total. The van der Waals surface area contributed by atoms with Crippen molar-refractivity contribution in [2.24, 2.45) is 5.92 Å². The third-order valence-electron chi connectivity index (χ3n) is 4.54. The first-order valence-corrected chi connectivity index (χ1v) is 10.9. The Kier molecular flexibility index (Phi) is 7.72. The van der Waals surface area contributed by atoms with Crippen LogP contribution >= 0.6 is 11.8 Å². The molecule has 2 aromatic carbocycles. The maximum Gasteiger partial charge on any atom is 0.329 e. The maximum absolute atomic E-state index is 13.1. The molecular formula is C23H27NO4S. The summed E-state index contributed by atoms with van der Waals surface area (Å²) in [6.45, 7) is 4.61. The van der Waals surface area contributed by atoms with E-state index in [9.17, 15) is 9.59 Å². The van der Waals surface area contributed by atoms with E-state index in [1.165, 1.54) is 0 Å². The van der Waals surface area contributed by atoms with Gasteiger partial charge in [0.15, 0.2) is 0 Å². The zero-order valence-electron chi connectivity index (χ0n) is 16.8. The van der Waals surface area contributed by atoms with Gasteiger partial charge >= 0.3 is 5.97 Å². The Morgan fingerprint density at radius 3 is 2.38 bits per heavy atom. The molecule has 1 aliphatic rings. The van der Waals surface area contributed by atoms with E-state index in [0.717, 1.165) is 11.1 Å². The summed E-state index contributed by atoms with van der Waals surface area (Å²) in [6.07, 6.45) is 0. The van der Waals surface area contributed by atoms with Gasteiger partial charge < -0.3 is 14.4 Å². The van der Waals surface area contributed by atoms with E-state index in [2.05, 4.69) is 0 Å². The summed E-state index contributed by atoms with van der Waals surface area (Å²) in [5.74, 6) is 0.213. The van der Waals surface area contributed by atoms with Crippen molar-refractivity contribution < 1.29 is 19.1 Å². The number of hydrogen-bond acceptors (Lipinski definition) is 5. The number of hydrogen-bond donors (Lipinski definition) is 0. The highest BCUT2D eigenvalue weighted by Gasteiger charge is 2.43. The molecule has 1 saturated heterocycles. The Bertz CT molecular complexity index is 797. The van der Waals surface area contributed by atoms with Crippen molar-refractivity contribution in [3.05, 3.63) is 71.8 Å². The predicted molar refractivity (Wildman–Crippen MR) is 114 cm³/mol. The fraction of sp³-hybridized carbons (Fsp3) is 0.391. The first kappa shape index (κ1) is 21.4. The molecule has 5 nitrogen and oxygen atoms in total. The zero-order chi connectivity index (χ0) is 20.6. The summed E-state index contributed by atoms with van der Waals surface area (Å²) in [5.41, 5.74) is 2.00. The molecule has 0 bridgehead atoms. The van der Waals surface area contributed by atoms with Crippen LogP contribution in [0.25, 0.3) is 0 Å². The van der Waals surface area contributed by atoms with Gasteiger partial charge in [-0.3, -0.25) is 4.79 Å². The van der Waals surface area contributed by atoms with Gasteiger partial charge in [-0.05, 0) is 17.0 Å². The number of nitrogens with zero attached hydrogens (tertiary/aromatic N) is 1. The highest BCUT2D eigenvalue weighted by molar-refractivity contribution is 7.99. The lowest BCUT2D eigenvalue weighted by molar-refractivity contribution is -0.156. The molecule has 1 fully saturated rings. The van der Waals surface area contributed by atoms with E-state index in [-0.39, 0.29) is 29.8 Å². The topological polar surface area (TPSA) is 55.8 Å². The van der Waals surface area contributed by atoms with Gasteiger partial charge in [-0.1, -0.05) is 74.5 Å². The van der Waals surface area contributed by atoms with Gasteiger partial charge in [-0.15, -0.1) is 11.8 Å². The lowest BCUT2D eigenvalue weighted by atomic mass is 10.1. The standard InChI is InChI=1S/C23H27NO4S/c1-17(2)13-28-23(26)20-16-29-22(19-11-7-4-8-12-19)24(20)21(25)15-27-14-18-9-5-3-6-10-18/h3-12,17,20,22H,13-16H2,1-2H3. The highest BCUT2D eigenvalue weighted by atomic mass is 32.2. The van der Waals surface area contributed by atoms with Crippen molar-refractivity contribution in [2.75, 3.05) is 19.0 Å². The first-order chi connectivity index (χ1) is 14.1. The second-order valence-electron chi connectivity index (χ2n) is 7.42. The minimum absolute atomic E-state index is 0.0766. The lowest BCUT2D eigenvalue weighted by Gasteiger charge is -2.28. The Morgan fingerprint density at radius 2 is 1.72 bits per heavy atom. The molecule has 1 amide bonds. The molecule has 0 radical (unpaired) electrons. The van der Waals surface area contributed by atoms with Crippen LogP contribution in [-0.4, -0.2) is 41.8 Å². The number of thioether (sulfide) groups is 1. The van der Waals surface area contributed by atoms with Crippen LogP contribution in [-0.2, 0) is 25.7 Å². The Balaban J connectivity index is 1.70. The molecule has 0 saturated carbocycles. The molecule has 1 heterocycles. The molecule has 2 atom stereocenters. The molecule has 29 heavy (non-hydrogen) atoms. The van der Waals surface area contributed by atoms with E-state index in [4.69, 9.17) is 9.47 Å². The molecule has 2 aromatic rings. The first-order valence-electron chi connectivity index (χ1n) is 9.82. The maximum atomic E-state index is 13.1. The molecule has 0 spiro atoms. The van der Waals surface area contributed by atoms with Crippen LogP contribution in [0.2, 0.25) is 0 Å². The van der Waals surface area contributed by atoms with Crippen molar-refractivity contribution in [2.45, 2.75) is 31.9 Å². The zero-order valence-corrected chi connectivity index (χ0v) is 17.6. The van der Waals surface area contributed by atoms with Crippen LogP contribution in [0.3, 0.4) is 0 Å². The van der Waals surface area contributed by atoms with E-state index < -0.39 is 6.04 Å². The largest absolute Gasteiger partial charge is 0.464 e. The number of rotatable bonds is 8. The SMILES string of the molecule is CC(C)COC(=O)C1CSC(c2ccccc2)N1C(=O)COCc1ccccc1. The summed E-state index contributed by atoms with van der Waals surface area (Å²) in [4.78, 5) is 27.4. The van der Waals surface area contributed by atoms with Crippen LogP contribution in [0.5, 0.6) is 0 Å². The molecule has 154 valence electrons. The van der Waals surface area contributed by atoms with E-state index in [1.807, 2.05) is 74.5 Å². The molecule has 2 unspecified atom stereocenters. The summed E-state index contributed by atoms with van der Waals surface area (Å²) in [7, 11) is 0. The Labute approximate surface area is 176 Å². The van der Waals surface area contributed by atoms with Gasteiger partial charge in [-0.25, -0.2) is 4.79 Å². The summed E-state index contributed by atoms with van der Waals surface area (Å²) < 4.78 is 11.1. The molecule has 0 aromatic heterocycles. The number of amides is 1. The van der Waals surface area contributed by atoms with Gasteiger partial charge in [0.25, 0.3) is 5.91 Å². The number of esters is 1. The second-order valence-corrected chi connectivity index (χ2v) is 8.53. The summed E-state index contributed by atoms with van der Waals surface area (Å²) in [6, 6.07) is 18.9. The number of carbonyl (C=O) groups is 2. The molecule has 6 heteroatoms. The molecule has 0 aliphatic carbocycles. The third-order valence-corrected chi connectivity index (χ3v) is 5.86. The molecule has 1 aliphatic heterocycles. The molecule has 3 rings (SSSR count). The Morgan fingerprint density at radius 1 is 1.07 bits per heavy atom. The number of ether oxygens (including phenoxy) is 2. The number of carbonyl (C=O) groups excluding carboxylic acids is 2. The van der Waals surface area contributed by atoms with Gasteiger partial charge in [0.2, 0.25) is 0 Å². The average molecular weight is 414 g/mol. The highest BCUT2D eigenvalue weighted by Crippen LogP contribution is 2.41. The predicted octanol–water partition coefficient (Wildman–Crippen LogP) is 4.05. The number of benzene rings is 2. The van der Waals surface area contributed by atoms with Crippen LogP contribution in [0.1, 0.15) is 30.3 Å². The van der Waals surface area contributed by atoms with E-state index in [1.54, 1.807) is 16.7 Å². The van der Waals surface area contributed by atoms with Gasteiger partial charge in [-0.2, -0.15) is 0 Å². The second kappa shape index (κ2) is 10.5. The van der Waals surface area contributed by atoms with Crippen LogP contribution < -0.4 is 0 Å². The average Bonchev–Trinajstić information content (AvgIpc) is 3.19. The Hall–Kier alpha value is -2.31. The van der Waals surface area contributed by atoms with Crippen LogP contribution in [0.4, 0.5) is 0 Å². The van der Waals surface area contributed by atoms with Crippen molar-refractivity contribution in [1.29, 1.82) is 0 Å². The van der Waals surface area contributed by atoms with Crippen molar-refractivity contribution in [3.63, 3.8) is 0 Å². The summed E-state index contributed by atoms with van der Waals surface area (Å²) >= 11 is 1.58. The smallest absolute Gasteiger partial charge is 0.329 e. The van der Waals surface area contributed by atoms with Crippen LogP contribution in [0, 0.1) is 5.92 Å². The van der Waals surface area contributed by atoms with Crippen molar-refractivity contribution >= 4 is 23.6 Å². The lowest BCUT2D eigenvalue weighted by Crippen LogP contribution is -2.45. The minimum atomic E-state index is -0.600. The minimum Gasteiger partial charge on any atom is -0.464 e. The molecular weight excluding hydrogens is 386 g/mol. The van der Waals surface area contributed by atoms with Gasteiger partial charge in [0, 0.05) is 5.75 Å². The quantitative estimate of drug-likeness (QED) is 0.611. The fourth-order valence-electron chi connectivity index (χ4n) is 3.12. The fourth-order valence-corrected chi connectivity index (χ4v) is 4.55. The van der Waals surface area contributed by atoms with Crippen molar-refractivity contribution in [3.8, 4) is 0 Å². The van der Waals surface area contributed by atoms with E-state index >= 15 is 0 Å². The monoisotopic (exact) mass is 413 g/mol. The summed E-state index contributed by atoms with van der Waals surface area (Å²) in [5, 5.41) is -0.222. The van der Waals surface area contributed by atoms with Crippen molar-refractivity contribution in [1.82, 2.24) is 4.90 Å². The van der Waals surface area contributed by atoms with Gasteiger partial charge in [0.1, 0.15) is 18.0 Å². The normalized spacial score (nSPS) is 18.8. The third kappa shape index (κ3) is 5.84. The van der Waals surface area contributed by atoms with Gasteiger partial charge in [0.05, 0.1) is 13.2 Å². The van der Waals surface area contributed by atoms with E-state index in [0.29, 0.717) is 19.0 Å². The van der Waals surface area contributed by atoms with Crippen LogP contribution in [0.15, 0.2) is 60.7 Å².